The lowest BCUT2D eigenvalue weighted by molar-refractivity contribution is -0.147. The summed E-state index contributed by atoms with van der Waals surface area (Å²) in [5.74, 6) is -1.36. The molecule has 5 nitrogen and oxygen atoms in total. The predicted molar refractivity (Wildman–Crippen MR) is 96.0 cm³/mol. The highest BCUT2D eigenvalue weighted by Gasteiger charge is 2.36. The smallest absolute Gasteiger partial charge is 0.311 e. The summed E-state index contributed by atoms with van der Waals surface area (Å²) in [7, 11) is 0. The number of hydrogen-bond donors (Lipinski definition) is 0. The van der Waals surface area contributed by atoms with Crippen molar-refractivity contribution in [3.05, 3.63) is 51.7 Å². The molecule has 1 fully saturated rings. The number of ether oxygens (including phenoxy) is 1. The Morgan fingerprint density at radius 3 is 2.72 bits per heavy atom. The lowest BCUT2D eigenvalue weighted by atomic mass is 10.1. The molecule has 3 rings (SSSR count). The van der Waals surface area contributed by atoms with Crippen LogP contribution in [0, 0.1) is 19.8 Å². The number of benzene rings is 1. The quantitative estimate of drug-likeness (QED) is 0.609. The maximum atomic E-state index is 12.3. The van der Waals surface area contributed by atoms with Crippen LogP contribution in [0.2, 0.25) is 0 Å². The Morgan fingerprint density at radius 1 is 1.24 bits per heavy atom. The van der Waals surface area contributed by atoms with Crippen molar-refractivity contribution in [1.82, 2.24) is 0 Å². The molecule has 1 amide bonds. The maximum Gasteiger partial charge on any atom is 0.311 e. The van der Waals surface area contributed by atoms with Gasteiger partial charge in [0.1, 0.15) is 0 Å². The lowest BCUT2D eigenvalue weighted by Gasteiger charge is -2.17. The molecule has 1 aliphatic heterocycles. The first-order valence-electron chi connectivity index (χ1n) is 8.06. The number of rotatable bonds is 5. The van der Waals surface area contributed by atoms with E-state index in [-0.39, 0.29) is 31.3 Å². The number of thiophene rings is 1. The number of anilines is 1. The van der Waals surface area contributed by atoms with Crippen molar-refractivity contribution in [3.8, 4) is 0 Å². The van der Waals surface area contributed by atoms with Crippen molar-refractivity contribution in [3.63, 3.8) is 0 Å². The number of esters is 1. The Morgan fingerprint density at radius 2 is 2.04 bits per heavy atom. The number of hydrogen-bond acceptors (Lipinski definition) is 5. The Hall–Kier alpha value is -2.47. The second kappa shape index (κ2) is 7.19. The minimum Gasteiger partial charge on any atom is -0.457 e. The minimum absolute atomic E-state index is 0.102. The number of carbonyl (C=O) groups excluding carboxylic acids is 3. The summed E-state index contributed by atoms with van der Waals surface area (Å²) in [6.07, 6.45) is 0.110. The van der Waals surface area contributed by atoms with Crippen LogP contribution >= 0.6 is 11.3 Å². The first kappa shape index (κ1) is 17.4. The third-order valence-electron chi connectivity index (χ3n) is 4.40. The standard InChI is InChI=1S/C19H19NO4S/c1-12-5-6-15(8-13(12)2)20-10-14(9-18(20)22)19(23)24-11-16(21)17-4-3-7-25-17/h3-8,14H,9-11H2,1-2H3/t14-/m0/s1. The molecule has 0 unspecified atom stereocenters. The summed E-state index contributed by atoms with van der Waals surface area (Å²) >= 11 is 1.31. The Labute approximate surface area is 150 Å². The van der Waals surface area contributed by atoms with E-state index in [1.165, 1.54) is 11.3 Å². The van der Waals surface area contributed by atoms with Crippen LogP contribution < -0.4 is 4.90 Å². The van der Waals surface area contributed by atoms with Gasteiger partial charge in [-0.15, -0.1) is 11.3 Å². The van der Waals surface area contributed by atoms with E-state index in [0.717, 1.165) is 16.8 Å². The van der Waals surface area contributed by atoms with Gasteiger partial charge in [0.25, 0.3) is 0 Å². The van der Waals surface area contributed by atoms with Gasteiger partial charge < -0.3 is 9.64 Å². The summed E-state index contributed by atoms with van der Waals surface area (Å²) < 4.78 is 5.13. The Bertz CT molecular complexity index is 813. The van der Waals surface area contributed by atoms with Crippen LogP contribution in [0.4, 0.5) is 5.69 Å². The summed E-state index contributed by atoms with van der Waals surface area (Å²) in [5.41, 5.74) is 3.04. The molecule has 1 aromatic heterocycles. The molecule has 0 bridgehead atoms. The molecule has 1 aromatic carbocycles. The molecule has 1 atom stereocenters. The second-order valence-corrected chi connectivity index (χ2v) is 7.13. The van der Waals surface area contributed by atoms with Crippen LogP contribution in [0.15, 0.2) is 35.7 Å². The molecule has 25 heavy (non-hydrogen) atoms. The highest BCUT2D eigenvalue weighted by Crippen LogP contribution is 2.27. The SMILES string of the molecule is Cc1ccc(N2C[C@@H](C(=O)OCC(=O)c3cccs3)CC2=O)cc1C. The average molecular weight is 357 g/mol. The molecule has 2 heterocycles. The number of carbonyl (C=O) groups is 3. The third-order valence-corrected chi connectivity index (χ3v) is 5.31. The number of aryl methyl sites for hydroxylation is 2. The fourth-order valence-electron chi connectivity index (χ4n) is 2.77. The molecule has 1 saturated heterocycles. The molecular formula is C19H19NO4S. The van der Waals surface area contributed by atoms with E-state index in [1.54, 1.807) is 22.4 Å². The van der Waals surface area contributed by atoms with E-state index in [1.807, 2.05) is 32.0 Å². The summed E-state index contributed by atoms with van der Waals surface area (Å²) in [4.78, 5) is 38.5. The van der Waals surface area contributed by atoms with Crippen molar-refractivity contribution < 1.29 is 19.1 Å². The molecule has 0 radical (unpaired) electrons. The van der Waals surface area contributed by atoms with Gasteiger partial charge in [0.15, 0.2) is 6.61 Å². The fraction of sp³-hybridized carbons (Fsp3) is 0.316. The number of Topliss-reactive ketones (excluding diaryl/α,β-unsaturated/α-hetero) is 1. The van der Waals surface area contributed by atoms with Gasteiger partial charge >= 0.3 is 5.97 Å². The molecule has 2 aromatic rings. The zero-order chi connectivity index (χ0) is 18.0. The van der Waals surface area contributed by atoms with E-state index in [0.29, 0.717) is 4.88 Å². The molecule has 0 N–H and O–H groups in total. The van der Waals surface area contributed by atoms with Gasteiger partial charge in [0, 0.05) is 18.7 Å². The van der Waals surface area contributed by atoms with E-state index in [9.17, 15) is 14.4 Å². The van der Waals surface area contributed by atoms with Gasteiger partial charge in [-0.05, 0) is 48.6 Å². The maximum absolute atomic E-state index is 12.3. The van der Waals surface area contributed by atoms with Crippen LogP contribution in [-0.2, 0) is 14.3 Å². The lowest BCUT2D eigenvalue weighted by Crippen LogP contribution is -2.27. The van der Waals surface area contributed by atoms with Gasteiger partial charge in [-0.3, -0.25) is 14.4 Å². The van der Waals surface area contributed by atoms with Gasteiger partial charge in [-0.25, -0.2) is 0 Å². The molecule has 6 heteroatoms. The number of amides is 1. The van der Waals surface area contributed by atoms with Gasteiger partial charge in [-0.2, -0.15) is 0 Å². The van der Waals surface area contributed by atoms with Crippen LogP contribution in [0.25, 0.3) is 0 Å². The Balaban J connectivity index is 1.60. The molecule has 0 saturated carbocycles. The summed E-state index contributed by atoms with van der Waals surface area (Å²) in [5, 5.41) is 1.80. The highest BCUT2D eigenvalue weighted by molar-refractivity contribution is 7.12. The fourth-order valence-corrected chi connectivity index (χ4v) is 3.42. The van der Waals surface area contributed by atoms with Crippen molar-refractivity contribution in [1.29, 1.82) is 0 Å². The van der Waals surface area contributed by atoms with E-state index in [4.69, 9.17) is 4.74 Å². The van der Waals surface area contributed by atoms with Gasteiger partial charge in [0.2, 0.25) is 11.7 Å². The first-order chi connectivity index (χ1) is 12.0. The molecule has 0 spiro atoms. The number of nitrogens with zero attached hydrogens (tertiary/aromatic N) is 1. The van der Waals surface area contributed by atoms with Crippen LogP contribution in [-0.4, -0.2) is 30.8 Å². The molecule has 1 aliphatic rings. The molecule has 0 aliphatic carbocycles. The molecular weight excluding hydrogens is 338 g/mol. The monoisotopic (exact) mass is 357 g/mol. The zero-order valence-electron chi connectivity index (χ0n) is 14.2. The van der Waals surface area contributed by atoms with Crippen LogP contribution in [0.3, 0.4) is 0 Å². The third kappa shape index (κ3) is 3.79. The second-order valence-electron chi connectivity index (χ2n) is 6.18. The van der Waals surface area contributed by atoms with Crippen LogP contribution in [0.1, 0.15) is 27.2 Å². The van der Waals surface area contributed by atoms with E-state index in [2.05, 4.69) is 0 Å². The molecule has 130 valence electrons. The first-order valence-corrected chi connectivity index (χ1v) is 8.94. The van der Waals surface area contributed by atoms with Crippen molar-refractivity contribution in [2.45, 2.75) is 20.3 Å². The zero-order valence-corrected chi connectivity index (χ0v) is 15.0. The summed E-state index contributed by atoms with van der Waals surface area (Å²) in [6.45, 7) is 4.00. The average Bonchev–Trinajstić information content (AvgIpc) is 3.24. The topological polar surface area (TPSA) is 63.7 Å². The van der Waals surface area contributed by atoms with Crippen molar-refractivity contribution in [2.24, 2.45) is 5.92 Å². The predicted octanol–water partition coefficient (Wildman–Crippen LogP) is 3.14. The van der Waals surface area contributed by atoms with Gasteiger partial charge in [0.05, 0.1) is 10.8 Å². The Kier molecular flexibility index (Phi) is 4.99. The highest BCUT2D eigenvalue weighted by atomic mass is 32.1. The minimum atomic E-state index is -0.537. The van der Waals surface area contributed by atoms with Gasteiger partial charge in [-0.1, -0.05) is 12.1 Å². The number of ketones is 1. The summed E-state index contributed by atoms with van der Waals surface area (Å²) in [6, 6.07) is 9.26. The van der Waals surface area contributed by atoms with Crippen molar-refractivity contribution >= 4 is 34.7 Å². The normalized spacial score (nSPS) is 17.0. The largest absolute Gasteiger partial charge is 0.457 e. The van der Waals surface area contributed by atoms with E-state index >= 15 is 0 Å². The van der Waals surface area contributed by atoms with Crippen LogP contribution in [0.5, 0.6) is 0 Å². The van der Waals surface area contributed by atoms with Crippen molar-refractivity contribution in [2.75, 3.05) is 18.1 Å². The van der Waals surface area contributed by atoms with E-state index < -0.39 is 11.9 Å².